The third-order valence-corrected chi connectivity index (χ3v) is 4.02. The molecule has 0 amide bonds. The van der Waals surface area contributed by atoms with E-state index in [0.29, 0.717) is 18.9 Å². The molecule has 2 fully saturated rings. The molecule has 16 heavy (non-hydrogen) atoms. The maximum atomic E-state index is 12.6. The largest absolute Gasteiger partial charge is 0.391 e. The van der Waals surface area contributed by atoms with Gasteiger partial charge >= 0.3 is 6.18 Å². The van der Waals surface area contributed by atoms with Gasteiger partial charge in [-0.3, -0.25) is 4.90 Å². The molecule has 1 aliphatic heterocycles. The van der Waals surface area contributed by atoms with Crippen molar-refractivity contribution in [1.82, 2.24) is 10.2 Å². The molecule has 1 saturated heterocycles. The van der Waals surface area contributed by atoms with E-state index in [1.165, 1.54) is 0 Å². The van der Waals surface area contributed by atoms with E-state index in [9.17, 15) is 13.2 Å². The normalized spacial score (nSPS) is 32.8. The standard InChI is InChI=1S/C11H19F3N2/c1-16(10-6-15-7-10)9-4-2-3-8(5-9)11(12,13)14/h8-10,15H,2-7H2,1H3. The lowest BCUT2D eigenvalue weighted by molar-refractivity contribution is -0.187. The first kappa shape index (κ1) is 12.2. The fraction of sp³-hybridized carbons (Fsp3) is 1.00. The number of likely N-dealkylation sites (N-methyl/N-ethyl adjacent to an activating group) is 1. The first-order valence-electron chi connectivity index (χ1n) is 5.98. The Bertz CT molecular complexity index is 238. The number of nitrogens with one attached hydrogen (secondary N) is 1. The zero-order valence-corrected chi connectivity index (χ0v) is 9.56. The number of halogens is 3. The van der Waals surface area contributed by atoms with Gasteiger partial charge in [0, 0.05) is 25.2 Å². The minimum Gasteiger partial charge on any atom is -0.314 e. The molecule has 2 aliphatic rings. The van der Waals surface area contributed by atoms with Crippen LogP contribution in [-0.4, -0.2) is 43.3 Å². The molecule has 0 aromatic carbocycles. The van der Waals surface area contributed by atoms with Crippen molar-refractivity contribution in [3.63, 3.8) is 0 Å². The molecule has 5 heteroatoms. The average Bonchev–Trinajstić information content (AvgIpc) is 2.14. The van der Waals surface area contributed by atoms with E-state index < -0.39 is 12.1 Å². The molecular formula is C11H19F3N2. The fourth-order valence-electron chi connectivity index (χ4n) is 2.69. The lowest BCUT2D eigenvalue weighted by Gasteiger charge is -2.43. The minimum absolute atomic E-state index is 0.118. The Labute approximate surface area is 94.2 Å². The monoisotopic (exact) mass is 236 g/mol. The summed E-state index contributed by atoms with van der Waals surface area (Å²) in [6.07, 6.45) is -1.77. The number of rotatable bonds is 2. The highest BCUT2D eigenvalue weighted by molar-refractivity contribution is 4.90. The summed E-state index contributed by atoms with van der Waals surface area (Å²) in [5.74, 6) is -1.08. The molecular weight excluding hydrogens is 217 g/mol. The Kier molecular flexibility index (Phi) is 3.45. The van der Waals surface area contributed by atoms with E-state index >= 15 is 0 Å². The van der Waals surface area contributed by atoms with Gasteiger partial charge in [-0.1, -0.05) is 6.42 Å². The van der Waals surface area contributed by atoms with Gasteiger partial charge in [0.2, 0.25) is 0 Å². The fourth-order valence-corrected chi connectivity index (χ4v) is 2.69. The second-order valence-corrected chi connectivity index (χ2v) is 5.04. The number of alkyl halides is 3. The number of hydrogen-bond donors (Lipinski definition) is 1. The van der Waals surface area contributed by atoms with E-state index in [4.69, 9.17) is 0 Å². The molecule has 0 spiro atoms. The summed E-state index contributed by atoms with van der Waals surface area (Å²) in [6, 6.07) is 0.560. The summed E-state index contributed by atoms with van der Waals surface area (Å²) in [4.78, 5) is 2.15. The van der Waals surface area contributed by atoms with Crippen LogP contribution in [0.3, 0.4) is 0 Å². The summed E-state index contributed by atoms with van der Waals surface area (Å²) in [5.41, 5.74) is 0. The van der Waals surface area contributed by atoms with Gasteiger partial charge in [0.15, 0.2) is 0 Å². The molecule has 2 nitrogen and oxygen atoms in total. The van der Waals surface area contributed by atoms with Crippen molar-refractivity contribution >= 4 is 0 Å². The van der Waals surface area contributed by atoms with Crippen molar-refractivity contribution in [2.75, 3.05) is 20.1 Å². The van der Waals surface area contributed by atoms with Crippen molar-refractivity contribution in [3.05, 3.63) is 0 Å². The van der Waals surface area contributed by atoms with Crippen LogP contribution in [0.1, 0.15) is 25.7 Å². The molecule has 0 bridgehead atoms. The molecule has 1 heterocycles. The van der Waals surface area contributed by atoms with Gasteiger partial charge < -0.3 is 5.32 Å². The molecule has 2 rings (SSSR count). The maximum Gasteiger partial charge on any atom is 0.391 e. The first-order valence-corrected chi connectivity index (χ1v) is 5.98. The van der Waals surface area contributed by atoms with Crippen LogP contribution >= 0.6 is 0 Å². The van der Waals surface area contributed by atoms with Crippen LogP contribution in [-0.2, 0) is 0 Å². The summed E-state index contributed by atoms with van der Waals surface area (Å²) in [7, 11) is 1.97. The Hall–Kier alpha value is -0.290. The lowest BCUT2D eigenvalue weighted by atomic mass is 9.84. The summed E-state index contributed by atoms with van der Waals surface area (Å²) >= 11 is 0. The van der Waals surface area contributed by atoms with Crippen LogP contribution in [0, 0.1) is 5.92 Å². The molecule has 0 aromatic rings. The van der Waals surface area contributed by atoms with Gasteiger partial charge in [-0.15, -0.1) is 0 Å². The highest BCUT2D eigenvalue weighted by atomic mass is 19.4. The Morgan fingerprint density at radius 1 is 1.12 bits per heavy atom. The Morgan fingerprint density at radius 2 is 1.81 bits per heavy atom. The molecule has 1 aliphatic carbocycles. The molecule has 2 atom stereocenters. The second kappa shape index (κ2) is 4.53. The highest BCUT2D eigenvalue weighted by Crippen LogP contribution is 2.39. The predicted molar refractivity (Wildman–Crippen MR) is 56.2 cm³/mol. The molecule has 1 saturated carbocycles. The van der Waals surface area contributed by atoms with Crippen molar-refractivity contribution < 1.29 is 13.2 Å². The Morgan fingerprint density at radius 3 is 2.31 bits per heavy atom. The molecule has 0 aromatic heterocycles. The van der Waals surface area contributed by atoms with Crippen LogP contribution < -0.4 is 5.32 Å². The van der Waals surface area contributed by atoms with Crippen molar-refractivity contribution in [3.8, 4) is 0 Å². The van der Waals surface area contributed by atoms with E-state index in [0.717, 1.165) is 19.5 Å². The van der Waals surface area contributed by atoms with Gasteiger partial charge in [0.1, 0.15) is 0 Å². The van der Waals surface area contributed by atoms with E-state index in [-0.39, 0.29) is 12.5 Å². The topological polar surface area (TPSA) is 15.3 Å². The predicted octanol–water partition coefficient (Wildman–Crippen LogP) is 2.01. The molecule has 2 unspecified atom stereocenters. The Balaban J connectivity index is 1.90. The lowest BCUT2D eigenvalue weighted by Crippen LogP contribution is -2.59. The van der Waals surface area contributed by atoms with E-state index in [2.05, 4.69) is 10.2 Å². The molecule has 1 N–H and O–H groups in total. The van der Waals surface area contributed by atoms with Crippen molar-refractivity contribution in [1.29, 1.82) is 0 Å². The smallest absolute Gasteiger partial charge is 0.314 e. The van der Waals surface area contributed by atoms with Crippen LogP contribution in [0.15, 0.2) is 0 Å². The van der Waals surface area contributed by atoms with Crippen molar-refractivity contribution in [2.24, 2.45) is 5.92 Å². The van der Waals surface area contributed by atoms with Gasteiger partial charge in [0.05, 0.1) is 5.92 Å². The van der Waals surface area contributed by atoms with E-state index in [1.54, 1.807) is 0 Å². The highest BCUT2D eigenvalue weighted by Gasteiger charge is 2.43. The third kappa shape index (κ3) is 2.51. The van der Waals surface area contributed by atoms with Crippen LogP contribution in [0.5, 0.6) is 0 Å². The van der Waals surface area contributed by atoms with Crippen molar-refractivity contribution in [2.45, 2.75) is 43.9 Å². The van der Waals surface area contributed by atoms with E-state index in [1.807, 2.05) is 7.05 Å². The van der Waals surface area contributed by atoms with Crippen LogP contribution in [0.2, 0.25) is 0 Å². The second-order valence-electron chi connectivity index (χ2n) is 5.04. The van der Waals surface area contributed by atoms with Crippen LogP contribution in [0.25, 0.3) is 0 Å². The minimum atomic E-state index is -4.00. The number of hydrogen-bond acceptors (Lipinski definition) is 2. The zero-order chi connectivity index (χ0) is 11.8. The maximum absolute atomic E-state index is 12.6. The van der Waals surface area contributed by atoms with Gasteiger partial charge in [-0.05, 0) is 26.3 Å². The van der Waals surface area contributed by atoms with Crippen LogP contribution in [0.4, 0.5) is 13.2 Å². The molecule has 0 radical (unpaired) electrons. The molecule has 94 valence electrons. The van der Waals surface area contributed by atoms with Gasteiger partial charge in [0.25, 0.3) is 0 Å². The van der Waals surface area contributed by atoms with Gasteiger partial charge in [-0.25, -0.2) is 0 Å². The van der Waals surface area contributed by atoms with Gasteiger partial charge in [-0.2, -0.15) is 13.2 Å². The summed E-state index contributed by atoms with van der Waals surface area (Å²) in [5, 5.41) is 3.16. The first-order chi connectivity index (χ1) is 7.48. The average molecular weight is 236 g/mol. The number of nitrogens with zero attached hydrogens (tertiary/aromatic N) is 1. The SMILES string of the molecule is CN(C1CNC1)C1CCCC(C(F)(F)F)C1. The third-order valence-electron chi connectivity index (χ3n) is 4.02. The summed E-state index contributed by atoms with van der Waals surface area (Å²) < 4.78 is 37.9. The summed E-state index contributed by atoms with van der Waals surface area (Å²) in [6.45, 7) is 1.84. The quantitative estimate of drug-likeness (QED) is 0.789. The zero-order valence-electron chi connectivity index (χ0n) is 9.56.